The molecular formula is C17H19NO. The normalized spacial score (nSPS) is 11.8. The van der Waals surface area contributed by atoms with Crippen LogP contribution in [0.4, 0.5) is 0 Å². The first-order chi connectivity index (χ1) is 9.29. The third kappa shape index (κ3) is 3.95. The first kappa shape index (κ1) is 13.3. The predicted octanol–water partition coefficient (Wildman–Crippen LogP) is 3.15. The lowest BCUT2D eigenvalue weighted by molar-refractivity contribution is -0.121. The molecule has 19 heavy (non-hydrogen) atoms. The van der Waals surface area contributed by atoms with Crippen LogP contribution >= 0.6 is 0 Å². The molecule has 2 aromatic rings. The summed E-state index contributed by atoms with van der Waals surface area (Å²) < 4.78 is 0. The van der Waals surface area contributed by atoms with E-state index >= 15 is 0 Å². The molecule has 2 aromatic carbocycles. The average Bonchev–Trinajstić information content (AvgIpc) is 2.48. The Labute approximate surface area is 114 Å². The highest BCUT2D eigenvalue weighted by Crippen LogP contribution is 2.24. The van der Waals surface area contributed by atoms with Gasteiger partial charge in [-0.1, -0.05) is 60.7 Å². The number of hydrogen-bond donors (Lipinski definition) is 1. The van der Waals surface area contributed by atoms with E-state index in [0.29, 0.717) is 6.42 Å². The van der Waals surface area contributed by atoms with Gasteiger partial charge in [0.25, 0.3) is 0 Å². The largest absolute Gasteiger partial charge is 0.359 e. The van der Waals surface area contributed by atoms with Crippen molar-refractivity contribution in [3.63, 3.8) is 0 Å². The summed E-state index contributed by atoms with van der Waals surface area (Å²) in [5.41, 5.74) is 2.48. The van der Waals surface area contributed by atoms with Crippen LogP contribution in [-0.4, -0.2) is 13.0 Å². The van der Waals surface area contributed by atoms with E-state index in [1.54, 1.807) is 7.05 Å². The van der Waals surface area contributed by atoms with Crippen molar-refractivity contribution in [1.82, 2.24) is 5.32 Å². The summed E-state index contributed by atoms with van der Waals surface area (Å²) in [5, 5.41) is 2.71. The van der Waals surface area contributed by atoms with Gasteiger partial charge in [0.2, 0.25) is 5.91 Å². The van der Waals surface area contributed by atoms with Crippen molar-refractivity contribution in [2.24, 2.45) is 0 Å². The van der Waals surface area contributed by atoms with Gasteiger partial charge >= 0.3 is 0 Å². The highest BCUT2D eigenvalue weighted by molar-refractivity contribution is 5.76. The summed E-state index contributed by atoms with van der Waals surface area (Å²) in [6, 6.07) is 20.6. The van der Waals surface area contributed by atoms with Crippen molar-refractivity contribution in [3.8, 4) is 0 Å². The molecule has 2 rings (SSSR count). The number of carbonyl (C=O) groups is 1. The molecular weight excluding hydrogens is 234 g/mol. The van der Waals surface area contributed by atoms with Crippen molar-refractivity contribution < 1.29 is 4.79 Å². The smallest absolute Gasteiger partial charge is 0.220 e. The van der Waals surface area contributed by atoms with Gasteiger partial charge in [0.1, 0.15) is 0 Å². The topological polar surface area (TPSA) is 29.1 Å². The lowest BCUT2D eigenvalue weighted by Gasteiger charge is -2.16. The second kappa shape index (κ2) is 6.74. The minimum Gasteiger partial charge on any atom is -0.359 e. The molecule has 0 radical (unpaired) electrons. The zero-order valence-electron chi connectivity index (χ0n) is 11.2. The van der Waals surface area contributed by atoms with Gasteiger partial charge < -0.3 is 5.32 Å². The van der Waals surface area contributed by atoms with Gasteiger partial charge in [-0.3, -0.25) is 4.79 Å². The fourth-order valence-corrected chi connectivity index (χ4v) is 2.26. The summed E-state index contributed by atoms with van der Waals surface area (Å²) in [7, 11) is 1.69. The van der Waals surface area contributed by atoms with Crippen LogP contribution in [0.1, 0.15) is 23.5 Å². The Morgan fingerprint density at radius 2 is 1.58 bits per heavy atom. The van der Waals surface area contributed by atoms with Crippen molar-refractivity contribution in [2.75, 3.05) is 7.05 Å². The number of benzene rings is 2. The molecule has 1 atom stereocenters. The molecule has 0 aliphatic rings. The second-order valence-electron chi connectivity index (χ2n) is 4.67. The number of nitrogens with one attached hydrogen (secondary N) is 1. The van der Waals surface area contributed by atoms with Gasteiger partial charge in [-0.15, -0.1) is 0 Å². The van der Waals surface area contributed by atoms with Gasteiger partial charge in [-0.05, 0) is 23.5 Å². The fourth-order valence-electron chi connectivity index (χ4n) is 2.26. The Morgan fingerprint density at radius 1 is 1.00 bits per heavy atom. The zero-order chi connectivity index (χ0) is 13.5. The standard InChI is InChI=1S/C17H19NO/c1-18-17(19)13-16(15-10-6-3-7-11-15)12-14-8-4-2-5-9-14/h2-11,16H,12-13H2,1H3,(H,18,19). The van der Waals surface area contributed by atoms with Crippen molar-refractivity contribution in [1.29, 1.82) is 0 Å². The lowest BCUT2D eigenvalue weighted by atomic mass is 9.89. The highest BCUT2D eigenvalue weighted by Gasteiger charge is 2.15. The van der Waals surface area contributed by atoms with Gasteiger partial charge in [0, 0.05) is 13.5 Å². The minimum absolute atomic E-state index is 0.0878. The van der Waals surface area contributed by atoms with Crippen LogP contribution in [0.15, 0.2) is 60.7 Å². The summed E-state index contributed by atoms with van der Waals surface area (Å²) in [4.78, 5) is 11.7. The molecule has 2 heteroatoms. The summed E-state index contributed by atoms with van der Waals surface area (Å²) >= 11 is 0. The quantitative estimate of drug-likeness (QED) is 0.871. The molecule has 1 N–H and O–H groups in total. The van der Waals surface area contributed by atoms with E-state index in [9.17, 15) is 4.79 Å². The van der Waals surface area contributed by atoms with E-state index in [1.807, 2.05) is 36.4 Å². The summed E-state index contributed by atoms with van der Waals surface area (Å²) in [6.07, 6.45) is 1.41. The first-order valence-electron chi connectivity index (χ1n) is 6.59. The number of hydrogen-bond acceptors (Lipinski definition) is 1. The fraction of sp³-hybridized carbons (Fsp3) is 0.235. The van der Waals surface area contributed by atoms with E-state index in [2.05, 4.69) is 29.6 Å². The third-order valence-corrected chi connectivity index (χ3v) is 3.31. The van der Waals surface area contributed by atoms with Crippen LogP contribution in [0, 0.1) is 0 Å². The molecule has 0 fully saturated rings. The van der Waals surface area contributed by atoms with E-state index in [4.69, 9.17) is 0 Å². The Bertz CT molecular complexity index is 507. The molecule has 0 aliphatic heterocycles. The highest BCUT2D eigenvalue weighted by atomic mass is 16.1. The first-order valence-corrected chi connectivity index (χ1v) is 6.59. The maximum atomic E-state index is 11.7. The maximum absolute atomic E-state index is 11.7. The van der Waals surface area contributed by atoms with Crippen molar-refractivity contribution >= 4 is 5.91 Å². The number of amides is 1. The molecule has 2 nitrogen and oxygen atoms in total. The van der Waals surface area contributed by atoms with Crippen molar-refractivity contribution in [3.05, 3.63) is 71.8 Å². The number of carbonyl (C=O) groups excluding carboxylic acids is 1. The molecule has 0 aliphatic carbocycles. The van der Waals surface area contributed by atoms with Crippen LogP contribution in [0.5, 0.6) is 0 Å². The van der Waals surface area contributed by atoms with Crippen LogP contribution in [0.25, 0.3) is 0 Å². The molecule has 98 valence electrons. The van der Waals surface area contributed by atoms with E-state index in [1.165, 1.54) is 11.1 Å². The van der Waals surface area contributed by atoms with E-state index in [-0.39, 0.29) is 11.8 Å². The predicted molar refractivity (Wildman–Crippen MR) is 78.0 cm³/mol. The SMILES string of the molecule is CNC(=O)CC(Cc1ccccc1)c1ccccc1. The van der Waals surface area contributed by atoms with Crippen molar-refractivity contribution in [2.45, 2.75) is 18.8 Å². The van der Waals surface area contributed by atoms with Gasteiger partial charge in [-0.25, -0.2) is 0 Å². The van der Waals surface area contributed by atoms with Crippen LogP contribution in [-0.2, 0) is 11.2 Å². The maximum Gasteiger partial charge on any atom is 0.220 e. The monoisotopic (exact) mass is 253 g/mol. The van der Waals surface area contributed by atoms with Crippen LogP contribution in [0.2, 0.25) is 0 Å². The summed E-state index contributed by atoms with van der Waals surface area (Å²) in [5.74, 6) is 0.313. The van der Waals surface area contributed by atoms with Crippen LogP contribution < -0.4 is 5.32 Å². The average molecular weight is 253 g/mol. The molecule has 1 amide bonds. The third-order valence-electron chi connectivity index (χ3n) is 3.31. The Morgan fingerprint density at radius 3 is 2.16 bits per heavy atom. The van der Waals surface area contributed by atoms with Crippen LogP contribution in [0.3, 0.4) is 0 Å². The molecule has 0 spiro atoms. The second-order valence-corrected chi connectivity index (χ2v) is 4.67. The molecule has 0 saturated heterocycles. The van der Waals surface area contributed by atoms with Gasteiger partial charge in [0.15, 0.2) is 0 Å². The minimum atomic E-state index is 0.0878. The lowest BCUT2D eigenvalue weighted by Crippen LogP contribution is -2.21. The Balaban J connectivity index is 2.17. The molecule has 0 saturated carbocycles. The van der Waals surface area contributed by atoms with Gasteiger partial charge in [-0.2, -0.15) is 0 Å². The molecule has 0 heterocycles. The molecule has 1 unspecified atom stereocenters. The molecule has 0 bridgehead atoms. The Kier molecular flexibility index (Phi) is 4.73. The molecule has 0 aromatic heterocycles. The van der Waals surface area contributed by atoms with E-state index < -0.39 is 0 Å². The zero-order valence-corrected chi connectivity index (χ0v) is 11.2. The van der Waals surface area contributed by atoms with Gasteiger partial charge in [0.05, 0.1) is 0 Å². The number of rotatable bonds is 5. The Hall–Kier alpha value is -2.09. The van der Waals surface area contributed by atoms with E-state index in [0.717, 1.165) is 6.42 Å². The summed E-state index contributed by atoms with van der Waals surface area (Å²) in [6.45, 7) is 0.